The number of hydrogen-bond donors (Lipinski definition) is 1. The van der Waals surface area contributed by atoms with Crippen LogP contribution < -0.4 is 0 Å². The molecule has 1 heterocycles. The Kier molecular flexibility index (Phi) is 11.9. The maximum atomic E-state index is 12.9. The van der Waals surface area contributed by atoms with Crippen molar-refractivity contribution in [2.45, 2.75) is 150 Å². The van der Waals surface area contributed by atoms with E-state index in [0.717, 1.165) is 19.8 Å². The van der Waals surface area contributed by atoms with Crippen LogP contribution in [0.15, 0.2) is 35.5 Å². The number of allylic oxidation sites excluding steroid dienone is 4. The first-order valence-electron chi connectivity index (χ1n) is 19.0. The highest BCUT2D eigenvalue weighted by Crippen LogP contribution is 2.66. The molecule has 11 nitrogen and oxygen atoms in total. The molecular weight excluding hydrogens is 668 g/mol. The van der Waals surface area contributed by atoms with Crippen LogP contribution in [0.3, 0.4) is 0 Å². The number of carbonyl (C=O) groups is 4. The Hall–Kier alpha value is -3.02. The molecule has 3 saturated carbocycles. The lowest BCUT2D eigenvalue weighted by Crippen LogP contribution is -2.64. The number of rotatable bonds is 10. The van der Waals surface area contributed by atoms with Crippen molar-refractivity contribution in [3.63, 3.8) is 0 Å². The smallest absolute Gasteiger partial charge is 0.339 e. The molecule has 5 aliphatic rings. The largest absolute Gasteiger partial charge is 0.467 e. The second-order valence-corrected chi connectivity index (χ2v) is 17.0. The van der Waals surface area contributed by atoms with E-state index in [1.165, 1.54) is 45.8 Å². The molecular formula is C41H60O11. The number of ether oxygens (including phenoxy) is 6. The second-order valence-electron chi connectivity index (χ2n) is 17.0. The molecule has 1 aliphatic heterocycles. The quantitative estimate of drug-likeness (QED) is 0.157. The second kappa shape index (κ2) is 15.4. The lowest BCUT2D eigenvalue weighted by Gasteiger charge is -2.55. The van der Waals surface area contributed by atoms with Crippen molar-refractivity contribution in [2.75, 3.05) is 7.11 Å². The van der Waals surface area contributed by atoms with Crippen molar-refractivity contribution < 1.29 is 52.7 Å². The summed E-state index contributed by atoms with van der Waals surface area (Å²) in [7, 11) is 1.17. The van der Waals surface area contributed by atoms with Crippen molar-refractivity contribution in [3.05, 3.63) is 35.5 Å². The zero-order valence-corrected chi connectivity index (χ0v) is 32.6. The minimum Gasteiger partial charge on any atom is -0.467 e. The van der Waals surface area contributed by atoms with Gasteiger partial charge in [0, 0.05) is 26.7 Å². The van der Waals surface area contributed by atoms with E-state index in [9.17, 15) is 24.3 Å². The van der Waals surface area contributed by atoms with E-state index >= 15 is 0 Å². The van der Waals surface area contributed by atoms with Gasteiger partial charge < -0.3 is 33.5 Å². The Morgan fingerprint density at radius 1 is 0.865 bits per heavy atom. The van der Waals surface area contributed by atoms with Crippen LogP contribution in [0.25, 0.3) is 0 Å². The van der Waals surface area contributed by atoms with Gasteiger partial charge in [-0.1, -0.05) is 63.1 Å². The van der Waals surface area contributed by atoms with Crippen LogP contribution in [0.4, 0.5) is 0 Å². The molecule has 1 saturated heterocycles. The standard InChI is InChI=1S/C41H60O11/c1-22(11-12-23(2)39(6,7)46)30-15-16-31-29-14-13-27-21-28(17-19-40(27,8)32(29)18-20-41(30,31)9)51-38-36(50-26(5)44)34(49-25(4)43)33(48-24(3)42)35(52-38)37(45)47-10/h11-14,22-23,28,30-36,38,46H,15-21H2,1-10H3/b12-11+/t22-,23+,28+,30-,31+,32+,33+,34+,35+,36-,38-,40+,41-/m1/s1. The Balaban J connectivity index is 1.36. The van der Waals surface area contributed by atoms with E-state index in [-0.39, 0.29) is 22.9 Å². The molecule has 52 heavy (non-hydrogen) atoms. The zero-order chi connectivity index (χ0) is 38.3. The van der Waals surface area contributed by atoms with Crippen LogP contribution in [0.5, 0.6) is 0 Å². The summed E-state index contributed by atoms with van der Waals surface area (Å²) in [5, 5.41) is 10.5. The molecule has 0 bridgehead atoms. The van der Waals surface area contributed by atoms with Gasteiger partial charge in [0.1, 0.15) is 0 Å². The molecule has 0 spiro atoms. The molecule has 11 heteroatoms. The fourth-order valence-electron chi connectivity index (χ4n) is 10.1. The molecule has 0 amide bonds. The number of esters is 4. The average molecular weight is 729 g/mol. The summed E-state index contributed by atoms with van der Waals surface area (Å²) in [4.78, 5) is 49.5. The summed E-state index contributed by atoms with van der Waals surface area (Å²) >= 11 is 0. The summed E-state index contributed by atoms with van der Waals surface area (Å²) in [6, 6.07) is 0. The predicted molar refractivity (Wildman–Crippen MR) is 191 cm³/mol. The summed E-state index contributed by atoms with van der Waals surface area (Å²) < 4.78 is 34.1. The molecule has 0 aromatic rings. The van der Waals surface area contributed by atoms with Gasteiger partial charge in [-0.05, 0) is 93.3 Å². The molecule has 4 fully saturated rings. The minimum atomic E-state index is -1.49. The summed E-state index contributed by atoms with van der Waals surface area (Å²) in [6.45, 7) is 16.6. The van der Waals surface area contributed by atoms with Gasteiger partial charge in [-0.15, -0.1) is 0 Å². The lowest BCUT2D eigenvalue weighted by atomic mass is 9.50. The molecule has 0 aromatic heterocycles. The Morgan fingerprint density at radius 3 is 2.12 bits per heavy atom. The zero-order valence-electron chi connectivity index (χ0n) is 32.6. The normalized spacial score (nSPS) is 38.4. The lowest BCUT2D eigenvalue weighted by molar-refractivity contribution is -0.311. The Morgan fingerprint density at radius 2 is 1.50 bits per heavy atom. The van der Waals surface area contributed by atoms with Crippen molar-refractivity contribution >= 4 is 23.9 Å². The fourth-order valence-corrected chi connectivity index (χ4v) is 10.1. The van der Waals surface area contributed by atoms with Gasteiger partial charge in [-0.2, -0.15) is 0 Å². The van der Waals surface area contributed by atoms with Gasteiger partial charge in [-0.25, -0.2) is 4.79 Å². The first kappa shape index (κ1) is 40.2. The van der Waals surface area contributed by atoms with Gasteiger partial charge in [0.15, 0.2) is 30.7 Å². The van der Waals surface area contributed by atoms with E-state index in [1.807, 2.05) is 13.8 Å². The van der Waals surface area contributed by atoms with Crippen molar-refractivity contribution in [2.24, 2.45) is 40.4 Å². The van der Waals surface area contributed by atoms with Crippen LogP contribution in [-0.2, 0) is 47.6 Å². The number of hydrogen-bond acceptors (Lipinski definition) is 11. The van der Waals surface area contributed by atoms with Crippen LogP contribution in [0.2, 0.25) is 0 Å². The molecule has 0 aromatic carbocycles. The van der Waals surface area contributed by atoms with Gasteiger partial charge in [0.2, 0.25) is 0 Å². The van der Waals surface area contributed by atoms with E-state index < -0.39 is 60.2 Å². The highest BCUT2D eigenvalue weighted by molar-refractivity contribution is 5.77. The minimum absolute atomic E-state index is 0.0328. The molecule has 0 unspecified atom stereocenters. The van der Waals surface area contributed by atoms with E-state index in [0.29, 0.717) is 36.5 Å². The average Bonchev–Trinajstić information content (AvgIpc) is 3.42. The van der Waals surface area contributed by atoms with E-state index in [4.69, 9.17) is 28.4 Å². The maximum absolute atomic E-state index is 12.9. The molecule has 1 N–H and O–H groups in total. The maximum Gasteiger partial charge on any atom is 0.339 e. The monoisotopic (exact) mass is 728 g/mol. The number of carbonyl (C=O) groups excluding carboxylic acids is 4. The Bertz CT molecular complexity index is 1470. The van der Waals surface area contributed by atoms with Gasteiger partial charge in [0.25, 0.3) is 0 Å². The molecule has 4 aliphatic carbocycles. The van der Waals surface area contributed by atoms with Gasteiger partial charge in [-0.3, -0.25) is 14.4 Å². The summed E-state index contributed by atoms with van der Waals surface area (Å²) in [5.41, 5.74) is 2.32. The topological polar surface area (TPSA) is 144 Å². The van der Waals surface area contributed by atoms with Crippen LogP contribution in [0, 0.1) is 40.4 Å². The van der Waals surface area contributed by atoms with E-state index in [2.05, 4.69) is 52.0 Å². The number of aliphatic hydroxyl groups is 1. The highest BCUT2D eigenvalue weighted by atomic mass is 16.7. The number of fused-ring (bicyclic) bond motifs is 5. The summed E-state index contributed by atoms with van der Waals surface area (Å²) in [5.74, 6) is -0.955. The summed E-state index contributed by atoms with van der Waals surface area (Å²) in [6.07, 6.45) is 8.79. The van der Waals surface area contributed by atoms with Crippen molar-refractivity contribution in [1.82, 2.24) is 0 Å². The number of methoxy groups -OCH3 is 1. The van der Waals surface area contributed by atoms with Gasteiger partial charge in [0.05, 0.1) is 18.8 Å². The molecule has 290 valence electrons. The highest BCUT2D eigenvalue weighted by Gasteiger charge is 2.59. The van der Waals surface area contributed by atoms with Crippen LogP contribution in [0.1, 0.15) is 107 Å². The third kappa shape index (κ3) is 7.92. The molecule has 13 atom stereocenters. The van der Waals surface area contributed by atoms with Crippen LogP contribution in [-0.4, -0.2) is 78.5 Å². The van der Waals surface area contributed by atoms with Crippen LogP contribution >= 0.6 is 0 Å². The first-order valence-corrected chi connectivity index (χ1v) is 19.0. The fraction of sp³-hybridized carbons (Fsp3) is 0.756. The predicted octanol–water partition coefficient (Wildman–Crippen LogP) is 6.16. The third-order valence-electron chi connectivity index (χ3n) is 13.2. The van der Waals surface area contributed by atoms with E-state index in [1.54, 1.807) is 5.57 Å². The Labute approximate surface area is 308 Å². The molecule has 5 rings (SSSR count). The molecule has 0 radical (unpaired) electrons. The SMILES string of the molecule is COC(=O)[C@H]1O[C@@H](O[C@H]2CC[C@@]3(C)C(=CC=C4[C@@H]5CC[C@H]([C@H](C)/C=C/[C@H](C)C(C)(C)O)[C@@]5(C)CC[C@@H]43)C2)[C@H](OC(C)=O)[C@@H](OC(C)=O)[C@@H]1OC(C)=O. The third-order valence-corrected chi connectivity index (χ3v) is 13.2. The van der Waals surface area contributed by atoms with Crippen molar-refractivity contribution in [3.8, 4) is 0 Å². The van der Waals surface area contributed by atoms with Crippen molar-refractivity contribution in [1.29, 1.82) is 0 Å². The van der Waals surface area contributed by atoms with Gasteiger partial charge >= 0.3 is 23.9 Å². The first-order chi connectivity index (χ1) is 24.3.